The molecule has 1 aliphatic rings. The Bertz CT molecular complexity index is 687. The number of hydrogen-bond donors (Lipinski definition) is 1. The van der Waals surface area contributed by atoms with Gasteiger partial charge in [-0.25, -0.2) is 0 Å². The Morgan fingerprint density at radius 3 is 2.75 bits per heavy atom. The van der Waals surface area contributed by atoms with Crippen molar-refractivity contribution < 1.29 is 4.79 Å². The van der Waals surface area contributed by atoms with Gasteiger partial charge in [0.15, 0.2) is 5.78 Å². The van der Waals surface area contributed by atoms with Crippen LogP contribution in [0.1, 0.15) is 43.5 Å². The van der Waals surface area contributed by atoms with Gasteiger partial charge in [-0.1, -0.05) is 43.5 Å². The lowest BCUT2D eigenvalue weighted by molar-refractivity contribution is 0.0841. The van der Waals surface area contributed by atoms with E-state index < -0.39 is 0 Å². The van der Waals surface area contributed by atoms with Crippen LogP contribution in [-0.2, 0) is 0 Å². The van der Waals surface area contributed by atoms with Gasteiger partial charge in [0.1, 0.15) is 0 Å². The molecule has 0 aliphatic heterocycles. The molecule has 0 bridgehead atoms. The molecule has 0 spiro atoms. The van der Waals surface area contributed by atoms with Crippen LogP contribution < -0.4 is 0 Å². The van der Waals surface area contributed by atoms with Gasteiger partial charge in [0.2, 0.25) is 0 Å². The largest absolute Gasteiger partial charge is 0.360 e. The average Bonchev–Trinajstić information content (AvgIpc) is 2.91. The highest BCUT2D eigenvalue weighted by Crippen LogP contribution is 2.45. The summed E-state index contributed by atoms with van der Waals surface area (Å²) >= 11 is 12.3. The molecule has 0 amide bonds. The van der Waals surface area contributed by atoms with E-state index in [1.165, 1.54) is 0 Å². The van der Waals surface area contributed by atoms with Gasteiger partial charge in [-0.05, 0) is 30.4 Å². The van der Waals surface area contributed by atoms with Crippen LogP contribution in [0.4, 0.5) is 0 Å². The minimum absolute atomic E-state index is 0.0690. The van der Waals surface area contributed by atoms with E-state index in [9.17, 15) is 4.79 Å². The molecule has 1 heterocycles. The third kappa shape index (κ3) is 2.15. The van der Waals surface area contributed by atoms with Crippen LogP contribution in [0.15, 0.2) is 18.3 Å². The molecular weight excluding hydrogens is 293 g/mol. The van der Waals surface area contributed by atoms with E-state index in [0.717, 1.165) is 30.2 Å². The van der Waals surface area contributed by atoms with Crippen LogP contribution in [0.3, 0.4) is 0 Å². The summed E-state index contributed by atoms with van der Waals surface area (Å²) in [6.45, 7) is 4.35. The van der Waals surface area contributed by atoms with E-state index in [4.69, 9.17) is 23.2 Å². The normalized spacial score (nSPS) is 21.5. The Morgan fingerprint density at radius 2 is 2.10 bits per heavy atom. The van der Waals surface area contributed by atoms with Crippen molar-refractivity contribution in [3.8, 4) is 0 Å². The van der Waals surface area contributed by atoms with E-state index in [0.29, 0.717) is 15.6 Å². The van der Waals surface area contributed by atoms with E-state index in [1.807, 2.05) is 0 Å². The van der Waals surface area contributed by atoms with Gasteiger partial charge in [-0.15, -0.1) is 0 Å². The fourth-order valence-corrected chi connectivity index (χ4v) is 3.97. The summed E-state index contributed by atoms with van der Waals surface area (Å²) in [6.07, 6.45) is 4.95. The number of benzene rings is 1. The second-order valence-electron chi connectivity index (χ2n) is 6.31. The van der Waals surface area contributed by atoms with Crippen molar-refractivity contribution >= 4 is 39.9 Å². The third-order valence-corrected chi connectivity index (χ3v) is 5.05. The lowest BCUT2D eigenvalue weighted by Gasteiger charge is -2.25. The van der Waals surface area contributed by atoms with Crippen LogP contribution in [0.25, 0.3) is 10.9 Å². The molecule has 1 aromatic heterocycles. The van der Waals surface area contributed by atoms with Crippen molar-refractivity contribution in [1.29, 1.82) is 0 Å². The first-order valence-corrected chi connectivity index (χ1v) is 7.66. The van der Waals surface area contributed by atoms with Crippen LogP contribution in [0.2, 0.25) is 10.0 Å². The lowest BCUT2D eigenvalue weighted by atomic mass is 9.77. The monoisotopic (exact) mass is 309 g/mol. The molecule has 0 saturated heterocycles. The highest BCUT2D eigenvalue weighted by Gasteiger charge is 2.40. The molecule has 1 N–H and O–H groups in total. The van der Waals surface area contributed by atoms with E-state index >= 15 is 0 Å². The summed E-state index contributed by atoms with van der Waals surface area (Å²) in [6, 6.07) is 3.50. The van der Waals surface area contributed by atoms with Crippen LogP contribution in [-0.4, -0.2) is 10.8 Å². The maximum Gasteiger partial charge on any atom is 0.168 e. The molecule has 106 valence electrons. The molecular formula is C16H17Cl2NO. The fourth-order valence-electron chi connectivity index (χ4n) is 3.38. The standard InChI is InChI=1S/C16H17Cl2NO/c1-16(2)5-3-4-11(16)15(20)10-8-19-13-7-9(17)6-12(18)14(10)13/h6-8,11,19H,3-5H2,1-2H3. The van der Waals surface area contributed by atoms with Crippen molar-refractivity contribution in [2.24, 2.45) is 11.3 Å². The SMILES string of the molecule is CC1(C)CCCC1C(=O)c1c[nH]c2cc(Cl)cc(Cl)c12. The first-order chi connectivity index (χ1) is 9.40. The quantitative estimate of drug-likeness (QED) is 0.732. The van der Waals surface area contributed by atoms with Crippen molar-refractivity contribution in [1.82, 2.24) is 4.98 Å². The highest BCUT2D eigenvalue weighted by atomic mass is 35.5. The molecule has 1 fully saturated rings. The number of carbonyl (C=O) groups excluding carboxylic acids is 1. The van der Waals surface area contributed by atoms with E-state index in [-0.39, 0.29) is 17.1 Å². The molecule has 1 aromatic carbocycles. The highest BCUT2D eigenvalue weighted by molar-refractivity contribution is 6.39. The minimum Gasteiger partial charge on any atom is -0.360 e. The number of H-pyrrole nitrogens is 1. The van der Waals surface area contributed by atoms with Crippen molar-refractivity contribution in [3.05, 3.63) is 33.9 Å². The number of aromatic nitrogens is 1. The van der Waals surface area contributed by atoms with Gasteiger partial charge in [0, 0.05) is 33.6 Å². The predicted molar refractivity (Wildman–Crippen MR) is 83.8 cm³/mol. The van der Waals surface area contributed by atoms with Gasteiger partial charge in [-0.2, -0.15) is 0 Å². The molecule has 1 unspecified atom stereocenters. The van der Waals surface area contributed by atoms with Crippen molar-refractivity contribution in [2.75, 3.05) is 0 Å². The summed E-state index contributed by atoms with van der Waals surface area (Å²) in [5.41, 5.74) is 1.59. The topological polar surface area (TPSA) is 32.9 Å². The van der Waals surface area contributed by atoms with Gasteiger partial charge in [0.25, 0.3) is 0 Å². The molecule has 1 atom stereocenters. The first kappa shape index (κ1) is 14.0. The second kappa shape index (κ2) is 4.78. The number of nitrogens with one attached hydrogen (secondary N) is 1. The van der Waals surface area contributed by atoms with Crippen LogP contribution in [0, 0.1) is 11.3 Å². The van der Waals surface area contributed by atoms with Crippen LogP contribution in [0.5, 0.6) is 0 Å². The zero-order chi connectivity index (χ0) is 14.5. The maximum atomic E-state index is 12.9. The van der Waals surface area contributed by atoms with Crippen molar-refractivity contribution in [2.45, 2.75) is 33.1 Å². The predicted octanol–water partition coefficient (Wildman–Crippen LogP) is 5.48. The Morgan fingerprint density at radius 1 is 1.35 bits per heavy atom. The molecule has 4 heteroatoms. The van der Waals surface area contributed by atoms with E-state index in [2.05, 4.69) is 18.8 Å². The van der Waals surface area contributed by atoms with E-state index in [1.54, 1.807) is 18.3 Å². The number of hydrogen-bond acceptors (Lipinski definition) is 1. The van der Waals surface area contributed by atoms with Crippen LogP contribution >= 0.6 is 23.2 Å². The molecule has 1 saturated carbocycles. The summed E-state index contributed by atoms with van der Waals surface area (Å²) < 4.78 is 0. The zero-order valence-electron chi connectivity index (χ0n) is 11.6. The number of rotatable bonds is 2. The number of halogens is 2. The van der Waals surface area contributed by atoms with Gasteiger partial charge in [0.05, 0.1) is 5.02 Å². The molecule has 2 nitrogen and oxygen atoms in total. The molecule has 0 radical (unpaired) electrons. The van der Waals surface area contributed by atoms with Crippen molar-refractivity contribution in [3.63, 3.8) is 0 Å². The summed E-state index contributed by atoms with van der Waals surface area (Å²) in [4.78, 5) is 16.0. The number of Topliss-reactive ketones (excluding diaryl/α,β-unsaturated/α-hetero) is 1. The van der Waals surface area contributed by atoms with Gasteiger partial charge in [-0.3, -0.25) is 4.79 Å². The fraction of sp³-hybridized carbons (Fsp3) is 0.438. The molecule has 1 aliphatic carbocycles. The zero-order valence-corrected chi connectivity index (χ0v) is 13.1. The summed E-state index contributed by atoms with van der Waals surface area (Å²) in [5.74, 6) is 0.274. The number of aromatic amines is 1. The third-order valence-electron chi connectivity index (χ3n) is 4.54. The smallest absolute Gasteiger partial charge is 0.168 e. The Balaban J connectivity index is 2.09. The summed E-state index contributed by atoms with van der Waals surface area (Å²) in [7, 11) is 0. The molecule has 20 heavy (non-hydrogen) atoms. The second-order valence-corrected chi connectivity index (χ2v) is 7.15. The minimum atomic E-state index is 0.0690. The average molecular weight is 310 g/mol. The van der Waals surface area contributed by atoms with Gasteiger partial charge < -0.3 is 4.98 Å². The maximum absolute atomic E-state index is 12.9. The molecule has 2 aromatic rings. The summed E-state index contributed by atoms with van der Waals surface area (Å²) in [5, 5.41) is 1.90. The number of ketones is 1. The number of fused-ring (bicyclic) bond motifs is 1. The molecule has 3 rings (SSSR count). The first-order valence-electron chi connectivity index (χ1n) is 6.90. The lowest BCUT2D eigenvalue weighted by Crippen LogP contribution is -2.25. The van der Waals surface area contributed by atoms with Gasteiger partial charge >= 0.3 is 0 Å². The number of carbonyl (C=O) groups is 1. The Labute approximate surface area is 128 Å². The Kier molecular flexibility index (Phi) is 3.34. The Hall–Kier alpha value is -0.990.